The molecule has 1 aromatic carbocycles. The molecule has 0 spiro atoms. The van der Waals surface area contributed by atoms with Crippen molar-refractivity contribution in [3.63, 3.8) is 0 Å². The van der Waals surface area contributed by atoms with Crippen LogP contribution in [-0.2, 0) is 23.5 Å². The molecule has 0 amide bonds. The van der Waals surface area contributed by atoms with E-state index in [0.717, 1.165) is 23.0 Å². The SMILES string of the molecule is Cc1nn(C)c(C)c1CCNS(=O)(=O)c1cccc([N+](=O)[O-])c1. The van der Waals surface area contributed by atoms with Gasteiger partial charge in [-0.3, -0.25) is 14.8 Å². The monoisotopic (exact) mass is 338 g/mol. The summed E-state index contributed by atoms with van der Waals surface area (Å²) < 4.78 is 28.7. The van der Waals surface area contributed by atoms with Crippen LogP contribution < -0.4 is 4.72 Å². The van der Waals surface area contributed by atoms with Gasteiger partial charge in [0.2, 0.25) is 10.0 Å². The highest BCUT2D eigenvalue weighted by molar-refractivity contribution is 7.89. The van der Waals surface area contributed by atoms with Gasteiger partial charge < -0.3 is 0 Å². The smallest absolute Gasteiger partial charge is 0.270 e. The van der Waals surface area contributed by atoms with Gasteiger partial charge >= 0.3 is 0 Å². The summed E-state index contributed by atoms with van der Waals surface area (Å²) in [6.45, 7) is 3.99. The zero-order valence-corrected chi connectivity index (χ0v) is 13.9. The summed E-state index contributed by atoms with van der Waals surface area (Å²) >= 11 is 0. The molecule has 1 aromatic heterocycles. The third-order valence-corrected chi connectivity index (χ3v) is 5.12. The van der Waals surface area contributed by atoms with E-state index in [1.807, 2.05) is 20.9 Å². The van der Waals surface area contributed by atoms with E-state index in [0.29, 0.717) is 6.42 Å². The van der Waals surface area contributed by atoms with Crippen molar-refractivity contribution in [2.45, 2.75) is 25.2 Å². The molecule has 0 radical (unpaired) electrons. The zero-order valence-electron chi connectivity index (χ0n) is 13.1. The van der Waals surface area contributed by atoms with Gasteiger partial charge in [-0.25, -0.2) is 13.1 Å². The lowest BCUT2D eigenvalue weighted by molar-refractivity contribution is -0.385. The molecule has 0 aliphatic rings. The van der Waals surface area contributed by atoms with E-state index in [9.17, 15) is 18.5 Å². The summed E-state index contributed by atoms with van der Waals surface area (Å²) in [5, 5.41) is 15.0. The molecule has 9 heteroatoms. The first-order valence-corrected chi connectivity index (χ1v) is 8.44. The van der Waals surface area contributed by atoms with Crippen LogP contribution in [0.4, 0.5) is 5.69 Å². The van der Waals surface area contributed by atoms with Gasteiger partial charge in [0, 0.05) is 31.4 Å². The average molecular weight is 338 g/mol. The van der Waals surface area contributed by atoms with Crippen molar-refractivity contribution in [3.05, 3.63) is 51.3 Å². The predicted molar refractivity (Wildman–Crippen MR) is 84.7 cm³/mol. The van der Waals surface area contributed by atoms with Crippen LogP contribution in [0.2, 0.25) is 0 Å². The van der Waals surface area contributed by atoms with Gasteiger partial charge in [0.15, 0.2) is 0 Å². The lowest BCUT2D eigenvalue weighted by Crippen LogP contribution is -2.26. The van der Waals surface area contributed by atoms with Crippen LogP contribution in [0.1, 0.15) is 17.0 Å². The maximum atomic E-state index is 12.2. The minimum atomic E-state index is -3.79. The van der Waals surface area contributed by atoms with Gasteiger partial charge in [0.1, 0.15) is 0 Å². The Hall–Kier alpha value is -2.26. The highest BCUT2D eigenvalue weighted by Gasteiger charge is 2.18. The van der Waals surface area contributed by atoms with Crippen LogP contribution in [0.3, 0.4) is 0 Å². The number of non-ortho nitro benzene ring substituents is 1. The van der Waals surface area contributed by atoms with Crippen LogP contribution in [0.5, 0.6) is 0 Å². The van der Waals surface area contributed by atoms with E-state index in [1.165, 1.54) is 18.2 Å². The Labute approximate surface area is 134 Å². The van der Waals surface area contributed by atoms with Gasteiger partial charge in [-0.2, -0.15) is 5.10 Å². The van der Waals surface area contributed by atoms with E-state index in [1.54, 1.807) is 4.68 Å². The van der Waals surface area contributed by atoms with Crippen LogP contribution in [0, 0.1) is 24.0 Å². The minimum absolute atomic E-state index is 0.119. The molecule has 0 atom stereocenters. The molecule has 0 bridgehead atoms. The predicted octanol–water partition coefficient (Wildman–Crippen LogP) is 1.47. The fourth-order valence-corrected chi connectivity index (χ4v) is 3.41. The first-order chi connectivity index (χ1) is 10.7. The van der Waals surface area contributed by atoms with Crippen molar-refractivity contribution in [2.24, 2.45) is 7.05 Å². The van der Waals surface area contributed by atoms with E-state index in [4.69, 9.17) is 0 Å². The molecule has 0 aliphatic heterocycles. The highest BCUT2D eigenvalue weighted by Crippen LogP contribution is 2.17. The molecule has 0 unspecified atom stereocenters. The number of aromatic nitrogens is 2. The number of hydrogen-bond acceptors (Lipinski definition) is 5. The number of benzene rings is 1. The summed E-state index contributed by atoms with van der Waals surface area (Å²) in [6.07, 6.45) is 0.500. The van der Waals surface area contributed by atoms with Crippen LogP contribution in [0.25, 0.3) is 0 Å². The molecule has 8 nitrogen and oxygen atoms in total. The van der Waals surface area contributed by atoms with Crippen molar-refractivity contribution in [1.29, 1.82) is 0 Å². The topological polar surface area (TPSA) is 107 Å². The molecule has 0 saturated carbocycles. The van der Waals surface area contributed by atoms with Crippen molar-refractivity contribution in [2.75, 3.05) is 6.54 Å². The molecule has 1 N–H and O–H groups in total. The quantitative estimate of drug-likeness (QED) is 0.634. The normalized spacial score (nSPS) is 11.6. The van der Waals surface area contributed by atoms with Crippen molar-refractivity contribution in [3.8, 4) is 0 Å². The van der Waals surface area contributed by atoms with Crippen molar-refractivity contribution >= 4 is 15.7 Å². The second kappa shape index (κ2) is 6.47. The fourth-order valence-electron chi connectivity index (χ4n) is 2.34. The summed E-state index contributed by atoms with van der Waals surface area (Å²) in [5.41, 5.74) is 2.58. The second-order valence-corrected chi connectivity index (χ2v) is 6.94. The van der Waals surface area contributed by atoms with E-state index in [-0.39, 0.29) is 17.1 Å². The molecular formula is C14H18N4O4S. The maximum Gasteiger partial charge on any atom is 0.270 e. The number of rotatable bonds is 6. The maximum absolute atomic E-state index is 12.2. The summed E-state index contributed by atoms with van der Waals surface area (Å²) in [4.78, 5) is 9.99. The third kappa shape index (κ3) is 3.74. The Morgan fingerprint density at radius 1 is 1.35 bits per heavy atom. The number of sulfonamides is 1. The summed E-state index contributed by atoms with van der Waals surface area (Å²) in [5.74, 6) is 0. The molecule has 2 rings (SSSR count). The molecule has 1 heterocycles. The third-order valence-electron chi connectivity index (χ3n) is 3.66. The lowest BCUT2D eigenvalue weighted by atomic mass is 10.1. The fraction of sp³-hybridized carbons (Fsp3) is 0.357. The summed E-state index contributed by atoms with van der Waals surface area (Å²) in [7, 11) is -1.95. The van der Waals surface area contributed by atoms with Gasteiger partial charge in [-0.15, -0.1) is 0 Å². The highest BCUT2D eigenvalue weighted by atomic mass is 32.2. The summed E-state index contributed by atoms with van der Waals surface area (Å²) in [6, 6.07) is 4.97. The standard InChI is InChI=1S/C14H18N4O4S/c1-10-14(11(2)17(3)16-10)7-8-15-23(21,22)13-6-4-5-12(9-13)18(19)20/h4-6,9,15H,7-8H2,1-3H3. The molecule has 23 heavy (non-hydrogen) atoms. The van der Waals surface area contributed by atoms with Gasteiger partial charge in [0.05, 0.1) is 15.5 Å². The van der Waals surface area contributed by atoms with Crippen LogP contribution >= 0.6 is 0 Å². The minimum Gasteiger partial charge on any atom is -0.272 e. The van der Waals surface area contributed by atoms with Crippen LogP contribution in [0.15, 0.2) is 29.2 Å². The van der Waals surface area contributed by atoms with Gasteiger partial charge in [-0.05, 0) is 31.9 Å². The van der Waals surface area contributed by atoms with Gasteiger partial charge in [0.25, 0.3) is 5.69 Å². The van der Waals surface area contributed by atoms with E-state index in [2.05, 4.69) is 9.82 Å². The van der Waals surface area contributed by atoms with E-state index < -0.39 is 14.9 Å². The number of nitrogens with zero attached hydrogens (tertiary/aromatic N) is 3. The first kappa shape index (κ1) is 17.1. The number of nitrogens with one attached hydrogen (secondary N) is 1. The average Bonchev–Trinajstić information content (AvgIpc) is 2.73. The zero-order chi connectivity index (χ0) is 17.2. The number of nitro benzene ring substituents is 1. The Morgan fingerprint density at radius 3 is 2.61 bits per heavy atom. The molecule has 124 valence electrons. The number of aryl methyl sites for hydroxylation is 2. The van der Waals surface area contributed by atoms with Gasteiger partial charge in [-0.1, -0.05) is 6.07 Å². The Bertz CT molecular complexity index is 842. The number of hydrogen-bond donors (Lipinski definition) is 1. The first-order valence-electron chi connectivity index (χ1n) is 6.95. The van der Waals surface area contributed by atoms with E-state index >= 15 is 0 Å². The Kier molecular flexibility index (Phi) is 4.81. The molecule has 0 aliphatic carbocycles. The Morgan fingerprint density at radius 2 is 2.04 bits per heavy atom. The van der Waals surface area contributed by atoms with Crippen LogP contribution in [-0.4, -0.2) is 29.7 Å². The molecule has 2 aromatic rings. The molecule has 0 saturated heterocycles. The Balaban J connectivity index is 2.10. The molecular weight excluding hydrogens is 320 g/mol. The lowest BCUT2D eigenvalue weighted by Gasteiger charge is -2.07. The largest absolute Gasteiger partial charge is 0.272 e. The molecule has 0 fully saturated rings. The number of nitro groups is 1. The second-order valence-electron chi connectivity index (χ2n) is 5.18. The van der Waals surface area contributed by atoms with Crippen molar-refractivity contribution < 1.29 is 13.3 Å². The van der Waals surface area contributed by atoms with Crippen molar-refractivity contribution in [1.82, 2.24) is 14.5 Å².